The van der Waals surface area contributed by atoms with Crippen LogP contribution in [-0.4, -0.2) is 73.0 Å². The summed E-state index contributed by atoms with van der Waals surface area (Å²) in [6.07, 6.45) is 7.40. The van der Waals surface area contributed by atoms with E-state index in [-0.39, 0.29) is 23.9 Å². The van der Waals surface area contributed by atoms with Crippen molar-refractivity contribution in [1.82, 2.24) is 20.4 Å². The van der Waals surface area contributed by atoms with Crippen molar-refractivity contribution in [3.63, 3.8) is 0 Å². The number of carbonyl (C=O) groups excluding carboxylic acids is 2. The molecule has 2 aliphatic heterocycles. The van der Waals surface area contributed by atoms with E-state index >= 15 is 0 Å². The summed E-state index contributed by atoms with van der Waals surface area (Å²) in [5, 5.41) is 7.44. The Hall–Kier alpha value is -2.12. The molecular weight excluding hydrogens is 531 g/mol. The lowest BCUT2D eigenvalue weighted by molar-refractivity contribution is -0.133. The molecule has 39 heavy (non-hydrogen) atoms. The predicted octanol–water partition coefficient (Wildman–Crippen LogP) is 5.74. The standard InChI is InChI=1S/C31H42Cl2N4O2/c1-2-23(24-10-5-3-6-11-24)22-37-19-15-26(21-34-30(38)25-13-14-27(32)28(33)20-25)35-29(31(37)39)12-9-18-36-16-7-4-8-17-36/h3,5-6,10-11,13-14,20,23,26,29,35H,2,4,7-9,12,15-19,21-22H2,1H3,(H,34,38)/t23-,26?,29+/m1/s1. The maximum Gasteiger partial charge on any atom is 0.251 e. The third-order valence-corrected chi connectivity index (χ3v) is 8.84. The SMILES string of the molecule is CC[C@H](CN1CCC(CNC(=O)c2ccc(Cl)c(Cl)c2)N[C@@H](CCCN2CCCCC2)C1=O)c1ccccc1. The van der Waals surface area contributed by atoms with E-state index in [4.69, 9.17) is 23.2 Å². The van der Waals surface area contributed by atoms with Gasteiger partial charge in [-0.15, -0.1) is 0 Å². The van der Waals surface area contributed by atoms with E-state index in [2.05, 4.69) is 51.6 Å². The van der Waals surface area contributed by atoms with Crippen LogP contribution in [0.15, 0.2) is 48.5 Å². The Labute approximate surface area is 243 Å². The summed E-state index contributed by atoms with van der Waals surface area (Å²) < 4.78 is 0. The van der Waals surface area contributed by atoms with Crippen LogP contribution in [0.25, 0.3) is 0 Å². The number of halogens is 2. The Balaban J connectivity index is 1.41. The molecule has 2 aromatic rings. The van der Waals surface area contributed by atoms with Crippen molar-refractivity contribution in [2.24, 2.45) is 0 Å². The summed E-state index contributed by atoms with van der Waals surface area (Å²) in [7, 11) is 0. The molecule has 2 aromatic carbocycles. The van der Waals surface area contributed by atoms with E-state index in [1.807, 2.05) is 6.07 Å². The molecule has 0 aliphatic carbocycles. The van der Waals surface area contributed by atoms with Gasteiger partial charge in [0, 0.05) is 37.2 Å². The van der Waals surface area contributed by atoms with Crippen LogP contribution in [0.4, 0.5) is 0 Å². The highest BCUT2D eigenvalue weighted by atomic mass is 35.5. The maximum atomic E-state index is 13.8. The molecule has 2 N–H and O–H groups in total. The molecule has 2 heterocycles. The zero-order valence-electron chi connectivity index (χ0n) is 23.0. The topological polar surface area (TPSA) is 64.7 Å². The first-order valence-corrected chi connectivity index (χ1v) is 15.3. The van der Waals surface area contributed by atoms with E-state index in [0.717, 1.165) is 45.3 Å². The number of likely N-dealkylation sites (tertiary alicyclic amines) is 1. The molecule has 3 atom stereocenters. The number of nitrogens with zero attached hydrogens (tertiary/aromatic N) is 2. The van der Waals surface area contributed by atoms with Crippen LogP contribution in [0.5, 0.6) is 0 Å². The molecule has 0 aromatic heterocycles. The molecule has 0 radical (unpaired) electrons. The van der Waals surface area contributed by atoms with E-state index in [1.165, 1.54) is 24.8 Å². The Morgan fingerprint density at radius 3 is 2.54 bits per heavy atom. The van der Waals surface area contributed by atoms with Crippen molar-refractivity contribution in [1.29, 1.82) is 0 Å². The van der Waals surface area contributed by atoms with Crippen molar-refractivity contribution in [2.45, 2.75) is 69.9 Å². The first-order valence-electron chi connectivity index (χ1n) is 14.5. The number of nitrogens with one attached hydrogen (secondary N) is 2. The van der Waals surface area contributed by atoms with Gasteiger partial charge < -0.3 is 20.4 Å². The van der Waals surface area contributed by atoms with E-state index < -0.39 is 0 Å². The number of benzene rings is 2. The fraction of sp³-hybridized carbons (Fsp3) is 0.548. The van der Waals surface area contributed by atoms with Crippen molar-refractivity contribution in [3.05, 3.63) is 69.7 Å². The van der Waals surface area contributed by atoms with Gasteiger partial charge in [0.15, 0.2) is 0 Å². The zero-order chi connectivity index (χ0) is 27.6. The number of piperidine rings is 1. The first-order chi connectivity index (χ1) is 18.9. The number of rotatable bonds is 11. The second kappa shape index (κ2) is 15.0. The molecular formula is C31H42Cl2N4O2. The van der Waals surface area contributed by atoms with Crippen LogP contribution >= 0.6 is 23.2 Å². The molecule has 2 aliphatic rings. The zero-order valence-corrected chi connectivity index (χ0v) is 24.5. The van der Waals surface area contributed by atoms with Crippen molar-refractivity contribution in [3.8, 4) is 0 Å². The normalized spacial score (nSPS) is 21.4. The molecule has 0 saturated carbocycles. The largest absolute Gasteiger partial charge is 0.350 e. The number of carbonyl (C=O) groups is 2. The number of hydrogen-bond donors (Lipinski definition) is 2. The van der Waals surface area contributed by atoms with Crippen LogP contribution in [0, 0.1) is 0 Å². The van der Waals surface area contributed by atoms with Gasteiger partial charge in [0.1, 0.15) is 0 Å². The van der Waals surface area contributed by atoms with E-state index in [1.54, 1.807) is 18.2 Å². The van der Waals surface area contributed by atoms with Gasteiger partial charge in [-0.1, -0.05) is 66.9 Å². The molecule has 212 valence electrons. The summed E-state index contributed by atoms with van der Waals surface area (Å²) in [6, 6.07) is 15.1. The molecule has 8 heteroatoms. The summed E-state index contributed by atoms with van der Waals surface area (Å²) >= 11 is 12.1. The Kier molecular flexibility index (Phi) is 11.5. The minimum Gasteiger partial charge on any atom is -0.350 e. The van der Waals surface area contributed by atoms with Crippen LogP contribution in [0.1, 0.15) is 73.7 Å². The van der Waals surface area contributed by atoms with Gasteiger partial charge in [-0.2, -0.15) is 0 Å². The minimum absolute atomic E-state index is 0.00228. The molecule has 2 amide bonds. The van der Waals surface area contributed by atoms with Crippen molar-refractivity contribution < 1.29 is 9.59 Å². The second-order valence-electron chi connectivity index (χ2n) is 10.9. The van der Waals surface area contributed by atoms with Gasteiger partial charge in [-0.3, -0.25) is 9.59 Å². The van der Waals surface area contributed by atoms with Crippen LogP contribution in [0.3, 0.4) is 0 Å². The molecule has 1 unspecified atom stereocenters. The fourth-order valence-electron chi connectivity index (χ4n) is 5.75. The smallest absolute Gasteiger partial charge is 0.251 e. The average Bonchev–Trinajstić information content (AvgIpc) is 3.11. The van der Waals surface area contributed by atoms with Crippen molar-refractivity contribution in [2.75, 3.05) is 39.3 Å². The molecule has 0 spiro atoms. The van der Waals surface area contributed by atoms with Gasteiger partial charge >= 0.3 is 0 Å². The van der Waals surface area contributed by atoms with Crippen molar-refractivity contribution >= 4 is 35.0 Å². The third kappa shape index (κ3) is 8.68. The average molecular weight is 574 g/mol. The molecule has 2 fully saturated rings. The highest BCUT2D eigenvalue weighted by molar-refractivity contribution is 6.42. The van der Waals surface area contributed by atoms with E-state index in [9.17, 15) is 9.59 Å². The molecule has 4 rings (SSSR count). The monoisotopic (exact) mass is 572 g/mol. The minimum atomic E-state index is -0.252. The van der Waals surface area contributed by atoms with Gasteiger partial charge in [0.05, 0.1) is 16.1 Å². The molecule has 2 saturated heterocycles. The second-order valence-corrected chi connectivity index (χ2v) is 11.7. The number of hydrogen-bond acceptors (Lipinski definition) is 4. The van der Waals surface area contributed by atoms with E-state index in [0.29, 0.717) is 41.2 Å². The van der Waals surface area contributed by atoms with Gasteiger partial charge in [-0.25, -0.2) is 0 Å². The summed E-state index contributed by atoms with van der Waals surface area (Å²) in [5.74, 6) is 0.288. The summed E-state index contributed by atoms with van der Waals surface area (Å²) in [4.78, 5) is 31.2. The number of amides is 2. The van der Waals surface area contributed by atoms with Crippen LogP contribution in [0.2, 0.25) is 10.0 Å². The molecule has 0 bridgehead atoms. The Morgan fingerprint density at radius 1 is 1.05 bits per heavy atom. The van der Waals surface area contributed by atoms with Crippen LogP contribution in [-0.2, 0) is 4.79 Å². The predicted molar refractivity (Wildman–Crippen MR) is 160 cm³/mol. The highest BCUT2D eigenvalue weighted by Crippen LogP contribution is 2.24. The molecule has 6 nitrogen and oxygen atoms in total. The fourth-order valence-corrected chi connectivity index (χ4v) is 6.05. The maximum absolute atomic E-state index is 13.8. The quantitative estimate of drug-likeness (QED) is 0.360. The highest BCUT2D eigenvalue weighted by Gasteiger charge is 2.32. The summed E-state index contributed by atoms with van der Waals surface area (Å²) in [6.45, 7) is 7.38. The third-order valence-electron chi connectivity index (χ3n) is 8.11. The van der Waals surface area contributed by atoms with Gasteiger partial charge in [0.25, 0.3) is 5.91 Å². The Bertz CT molecular complexity index is 1080. The van der Waals surface area contributed by atoms with Crippen LogP contribution < -0.4 is 10.6 Å². The lowest BCUT2D eigenvalue weighted by atomic mass is 9.95. The lowest BCUT2D eigenvalue weighted by Crippen LogP contribution is -2.49. The Morgan fingerprint density at radius 2 is 1.82 bits per heavy atom. The van der Waals surface area contributed by atoms with Gasteiger partial charge in [0.2, 0.25) is 5.91 Å². The first kappa shape index (κ1) is 29.9. The summed E-state index contributed by atoms with van der Waals surface area (Å²) in [5.41, 5.74) is 1.75. The lowest BCUT2D eigenvalue weighted by Gasteiger charge is -2.30. The van der Waals surface area contributed by atoms with Gasteiger partial charge in [-0.05, 0) is 81.9 Å².